The van der Waals surface area contributed by atoms with Crippen LogP contribution in [-0.4, -0.2) is 40.0 Å². The predicted molar refractivity (Wildman–Crippen MR) is 122 cm³/mol. The smallest absolute Gasteiger partial charge is 0.416 e. The Morgan fingerprint density at radius 1 is 1.26 bits per heavy atom. The molecule has 0 saturated heterocycles. The zero-order valence-corrected chi connectivity index (χ0v) is 19.0. The van der Waals surface area contributed by atoms with Gasteiger partial charge in [0.25, 0.3) is 0 Å². The van der Waals surface area contributed by atoms with Gasteiger partial charge in [-0.1, -0.05) is 18.7 Å². The van der Waals surface area contributed by atoms with Gasteiger partial charge in [-0.25, -0.2) is 20.6 Å². The summed E-state index contributed by atoms with van der Waals surface area (Å²) in [6, 6.07) is 11.2. The van der Waals surface area contributed by atoms with Gasteiger partial charge >= 0.3 is 6.09 Å². The molecule has 0 radical (unpaired) electrons. The summed E-state index contributed by atoms with van der Waals surface area (Å²) in [6.07, 6.45) is 0.815. The molecule has 8 heteroatoms. The normalized spacial score (nSPS) is 11.3. The SMILES string of the molecule is C=C(/N=C\N(C)N)N(Cc1cc(Oc2cccc(C)n2)ccc1C)C(=O)OC(C)(C)C. The molecule has 0 saturated carbocycles. The van der Waals surface area contributed by atoms with Gasteiger partial charge in [0.1, 0.15) is 23.5 Å². The minimum atomic E-state index is -0.666. The van der Waals surface area contributed by atoms with E-state index in [9.17, 15) is 4.79 Å². The van der Waals surface area contributed by atoms with E-state index in [1.54, 1.807) is 33.9 Å². The largest absolute Gasteiger partial charge is 0.443 e. The fourth-order valence-corrected chi connectivity index (χ4v) is 2.55. The number of aliphatic imine (C=N–C) groups is 1. The molecule has 1 aromatic heterocycles. The number of pyridine rings is 1. The highest BCUT2D eigenvalue weighted by Crippen LogP contribution is 2.25. The van der Waals surface area contributed by atoms with Gasteiger partial charge in [0.05, 0.1) is 6.54 Å². The van der Waals surface area contributed by atoms with Gasteiger partial charge in [-0.2, -0.15) is 0 Å². The highest BCUT2D eigenvalue weighted by molar-refractivity contribution is 5.71. The summed E-state index contributed by atoms with van der Waals surface area (Å²) in [7, 11) is 1.62. The highest BCUT2D eigenvalue weighted by atomic mass is 16.6. The molecular formula is C23H31N5O3. The van der Waals surface area contributed by atoms with E-state index in [1.165, 1.54) is 16.2 Å². The predicted octanol–water partition coefficient (Wildman–Crippen LogP) is 4.53. The fourth-order valence-electron chi connectivity index (χ4n) is 2.55. The minimum absolute atomic E-state index is 0.198. The van der Waals surface area contributed by atoms with Gasteiger partial charge in [0.2, 0.25) is 5.88 Å². The Morgan fingerprint density at radius 2 is 1.97 bits per heavy atom. The van der Waals surface area contributed by atoms with Gasteiger partial charge in [-0.05, 0) is 63.9 Å². The number of hydrogen-bond donors (Lipinski definition) is 1. The fraction of sp³-hybridized carbons (Fsp3) is 0.348. The van der Waals surface area contributed by atoms with Crippen molar-refractivity contribution in [2.45, 2.75) is 46.8 Å². The summed E-state index contributed by atoms with van der Waals surface area (Å²) < 4.78 is 11.4. The molecule has 0 aliphatic rings. The van der Waals surface area contributed by atoms with E-state index in [2.05, 4.69) is 16.6 Å². The van der Waals surface area contributed by atoms with Crippen LogP contribution in [0.4, 0.5) is 4.79 Å². The third kappa shape index (κ3) is 7.75. The van der Waals surface area contributed by atoms with Gasteiger partial charge in [-0.15, -0.1) is 0 Å². The maximum Gasteiger partial charge on any atom is 0.416 e. The van der Waals surface area contributed by atoms with Crippen molar-refractivity contribution in [2.24, 2.45) is 10.8 Å². The number of hydrogen-bond acceptors (Lipinski definition) is 6. The van der Waals surface area contributed by atoms with E-state index >= 15 is 0 Å². The number of benzene rings is 1. The molecule has 2 N–H and O–H groups in total. The summed E-state index contributed by atoms with van der Waals surface area (Å²) in [4.78, 5) is 22.7. The molecule has 0 aliphatic carbocycles. The quantitative estimate of drug-likeness (QED) is 0.303. The summed E-state index contributed by atoms with van der Waals surface area (Å²) in [5.41, 5.74) is 2.03. The molecule has 0 aliphatic heterocycles. The van der Waals surface area contributed by atoms with E-state index in [0.717, 1.165) is 16.8 Å². The molecular weight excluding hydrogens is 394 g/mol. The van der Waals surface area contributed by atoms with E-state index < -0.39 is 11.7 Å². The van der Waals surface area contributed by atoms with E-state index in [0.29, 0.717) is 11.6 Å². The van der Waals surface area contributed by atoms with Crippen molar-refractivity contribution in [2.75, 3.05) is 7.05 Å². The van der Waals surface area contributed by atoms with Gasteiger partial charge < -0.3 is 14.5 Å². The second-order valence-electron chi connectivity index (χ2n) is 8.20. The number of nitrogens with zero attached hydrogens (tertiary/aromatic N) is 4. The lowest BCUT2D eigenvalue weighted by atomic mass is 10.1. The summed E-state index contributed by atoms with van der Waals surface area (Å²) >= 11 is 0. The van der Waals surface area contributed by atoms with Crippen molar-refractivity contribution in [3.63, 3.8) is 0 Å². The van der Waals surface area contributed by atoms with Crippen molar-refractivity contribution >= 4 is 12.4 Å². The summed E-state index contributed by atoms with van der Waals surface area (Å²) in [5.74, 6) is 6.90. The molecule has 166 valence electrons. The third-order valence-corrected chi connectivity index (χ3v) is 4.05. The topological polar surface area (TPSA) is 93.3 Å². The van der Waals surface area contributed by atoms with Crippen LogP contribution < -0.4 is 10.6 Å². The molecule has 0 spiro atoms. The van der Waals surface area contributed by atoms with Crippen LogP contribution in [0.3, 0.4) is 0 Å². The van der Waals surface area contributed by atoms with Crippen molar-refractivity contribution in [1.82, 2.24) is 14.9 Å². The van der Waals surface area contributed by atoms with Crippen LogP contribution in [-0.2, 0) is 11.3 Å². The zero-order chi connectivity index (χ0) is 23.2. The zero-order valence-electron chi connectivity index (χ0n) is 19.0. The molecule has 8 nitrogen and oxygen atoms in total. The Labute approximate surface area is 184 Å². The second kappa shape index (κ2) is 10.1. The average molecular weight is 426 g/mol. The Bertz CT molecular complexity index is 964. The highest BCUT2D eigenvalue weighted by Gasteiger charge is 2.25. The van der Waals surface area contributed by atoms with Crippen LogP contribution in [0.15, 0.2) is 53.8 Å². The third-order valence-electron chi connectivity index (χ3n) is 4.05. The first-order valence-corrected chi connectivity index (χ1v) is 9.87. The van der Waals surface area contributed by atoms with Crippen molar-refractivity contribution in [3.8, 4) is 11.6 Å². The maximum atomic E-state index is 12.9. The number of nitrogens with two attached hydrogens (primary N) is 1. The number of hydrazine groups is 1. The summed E-state index contributed by atoms with van der Waals surface area (Å²) in [6.45, 7) is 13.4. The van der Waals surface area contributed by atoms with Gasteiger partial charge in [0.15, 0.2) is 0 Å². The number of ether oxygens (including phenoxy) is 2. The van der Waals surface area contributed by atoms with Gasteiger partial charge in [-0.3, -0.25) is 4.90 Å². The number of aromatic nitrogens is 1. The first kappa shape index (κ1) is 23.9. The molecule has 0 unspecified atom stereocenters. The molecule has 0 bridgehead atoms. The maximum absolute atomic E-state index is 12.9. The lowest BCUT2D eigenvalue weighted by Crippen LogP contribution is -2.36. The molecule has 1 heterocycles. The van der Waals surface area contributed by atoms with Crippen LogP contribution in [0.1, 0.15) is 37.6 Å². The average Bonchev–Trinajstić information content (AvgIpc) is 2.65. The summed E-state index contributed by atoms with van der Waals surface area (Å²) in [5, 5.41) is 1.27. The number of rotatable bonds is 7. The molecule has 2 aromatic rings. The Morgan fingerprint density at radius 3 is 2.58 bits per heavy atom. The van der Waals surface area contributed by atoms with Crippen LogP contribution in [0.5, 0.6) is 11.6 Å². The van der Waals surface area contributed by atoms with Crippen LogP contribution in [0.2, 0.25) is 0 Å². The van der Waals surface area contributed by atoms with Crippen LogP contribution in [0, 0.1) is 13.8 Å². The second-order valence-corrected chi connectivity index (χ2v) is 8.20. The standard InChI is InChI=1S/C23H31N5O3/c1-16-11-12-20(30-21-10-8-9-17(2)26-21)13-19(16)14-28(18(3)25-15-27(7)24)22(29)31-23(4,5)6/h8-13,15H,3,14,24H2,1-2,4-7H3/b25-15-. The molecule has 31 heavy (non-hydrogen) atoms. The lowest BCUT2D eigenvalue weighted by molar-refractivity contribution is 0.0299. The minimum Gasteiger partial charge on any atom is -0.443 e. The molecule has 0 atom stereocenters. The first-order valence-electron chi connectivity index (χ1n) is 9.87. The first-order chi connectivity index (χ1) is 14.4. The molecule has 0 fully saturated rings. The number of amides is 1. The van der Waals surface area contributed by atoms with Crippen LogP contribution >= 0.6 is 0 Å². The molecule has 2 rings (SSSR count). The monoisotopic (exact) mass is 425 g/mol. The van der Waals surface area contributed by atoms with Gasteiger partial charge in [0, 0.05) is 18.8 Å². The Hall–Kier alpha value is -3.39. The number of carbonyl (C=O) groups is 1. The van der Waals surface area contributed by atoms with Crippen molar-refractivity contribution in [3.05, 3.63) is 65.6 Å². The Balaban J connectivity index is 2.31. The van der Waals surface area contributed by atoms with E-state index in [1.807, 2.05) is 44.2 Å². The molecule has 1 amide bonds. The molecule has 1 aromatic carbocycles. The van der Waals surface area contributed by atoms with E-state index in [4.69, 9.17) is 15.3 Å². The number of carbonyl (C=O) groups excluding carboxylic acids is 1. The van der Waals surface area contributed by atoms with E-state index in [-0.39, 0.29) is 12.4 Å². The van der Waals surface area contributed by atoms with Crippen molar-refractivity contribution < 1.29 is 14.3 Å². The van der Waals surface area contributed by atoms with Crippen molar-refractivity contribution in [1.29, 1.82) is 0 Å². The Kier molecular flexibility index (Phi) is 7.77. The number of aryl methyl sites for hydroxylation is 2. The lowest BCUT2D eigenvalue weighted by Gasteiger charge is -2.27. The van der Waals surface area contributed by atoms with Crippen LogP contribution in [0.25, 0.3) is 0 Å².